The number of rotatable bonds is 3. The molecular weight excluding hydrogens is 228 g/mol. The SMILES string of the molecule is O=C1NC(C(=O)NCC2CCC(O)C2)CS1. The van der Waals surface area contributed by atoms with Gasteiger partial charge in [0.05, 0.1) is 6.10 Å². The van der Waals surface area contributed by atoms with Crippen LogP contribution in [0.3, 0.4) is 0 Å². The molecule has 3 atom stereocenters. The predicted molar refractivity (Wildman–Crippen MR) is 61.1 cm³/mol. The van der Waals surface area contributed by atoms with Gasteiger partial charge in [-0.2, -0.15) is 0 Å². The number of nitrogens with one attached hydrogen (secondary N) is 2. The van der Waals surface area contributed by atoms with Gasteiger partial charge in [0.25, 0.3) is 5.24 Å². The lowest BCUT2D eigenvalue weighted by atomic mass is 10.1. The summed E-state index contributed by atoms with van der Waals surface area (Å²) in [4.78, 5) is 22.5. The highest BCUT2D eigenvalue weighted by Gasteiger charge is 2.29. The fourth-order valence-corrected chi connectivity index (χ4v) is 2.91. The monoisotopic (exact) mass is 244 g/mol. The van der Waals surface area contributed by atoms with Crippen molar-refractivity contribution in [3.8, 4) is 0 Å². The third kappa shape index (κ3) is 2.89. The van der Waals surface area contributed by atoms with Gasteiger partial charge in [0.15, 0.2) is 0 Å². The third-order valence-electron chi connectivity index (χ3n) is 3.07. The topological polar surface area (TPSA) is 78.4 Å². The summed E-state index contributed by atoms with van der Waals surface area (Å²) in [5.74, 6) is 0.779. The maximum atomic E-state index is 11.6. The molecule has 0 aromatic heterocycles. The quantitative estimate of drug-likeness (QED) is 0.657. The molecule has 3 N–H and O–H groups in total. The molecule has 1 aliphatic heterocycles. The molecule has 2 amide bonds. The molecule has 0 aromatic rings. The molecule has 90 valence electrons. The molecule has 1 saturated carbocycles. The minimum atomic E-state index is -0.385. The van der Waals surface area contributed by atoms with Gasteiger partial charge in [-0.05, 0) is 25.2 Å². The van der Waals surface area contributed by atoms with Crippen molar-refractivity contribution in [2.75, 3.05) is 12.3 Å². The Balaban J connectivity index is 1.69. The van der Waals surface area contributed by atoms with Crippen LogP contribution in [0.4, 0.5) is 4.79 Å². The van der Waals surface area contributed by atoms with Gasteiger partial charge in [-0.1, -0.05) is 11.8 Å². The third-order valence-corrected chi connectivity index (χ3v) is 3.95. The number of amides is 2. The highest BCUT2D eigenvalue weighted by atomic mass is 32.2. The van der Waals surface area contributed by atoms with Crippen LogP contribution in [0.1, 0.15) is 19.3 Å². The summed E-state index contributed by atoms with van der Waals surface area (Å²) in [6, 6.07) is -0.385. The Morgan fingerprint density at radius 1 is 1.56 bits per heavy atom. The van der Waals surface area contributed by atoms with Crippen LogP contribution in [0.15, 0.2) is 0 Å². The summed E-state index contributed by atoms with van der Waals surface area (Å²) in [6.07, 6.45) is 2.36. The van der Waals surface area contributed by atoms with E-state index in [0.717, 1.165) is 31.0 Å². The fraction of sp³-hybridized carbons (Fsp3) is 0.800. The number of hydrogen-bond donors (Lipinski definition) is 3. The number of hydrogen-bond acceptors (Lipinski definition) is 4. The first kappa shape index (κ1) is 11.7. The normalized spacial score (nSPS) is 33.8. The van der Waals surface area contributed by atoms with Gasteiger partial charge in [0.1, 0.15) is 6.04 Å². The van der Waals surface area contributed by atoms with Crippen molar-refractivity contribution >= 4 is 22.9 Å². The maximum absolute atomic E-state index is 11.6. The van der Waals surface area contributed by atoms with E-state index in [1.807, 2.05) is 0 Å². The van der Waals surface area contributed by atoms with Crippen LogP contribution >= 0.6 is 11.8 Å². The first-order chi connectivity index (χ1) is 7.65. The molecule has 0 aromatic carbocycles. The molecule has 1 saturated heterocycles. The van der Waals surface area contributed by atoms with E-state index in [4.69, 9.17) is 0 Å². The molecule has 0 radical (unpaired) electrons. The number of thioether (sulfide) groups is 1. The van der Waals surface area contributed by atoms with Gasteiger partial charge < -0.3 is 15.7 Å². The summed E-state index contributed by atoms with van der Waals surface area (Å²) < 4.78 is 0. The van der Waals surface area contributed by atoms with Crippen LogP contribution in [-0.4, -0.2) is 40.7 Å². The summed E-state index contributed by atoms with van der Waals surface area (Å²) in [5, 5.41) is 14.6. The predicted octanol–water partition coefficient (Wildman–Crippen LogP) is 0.0886. The van der Waals surface area contributed by atoms with Crippen LogP contribution < -0.4 is 10.6 Å². The second-order valence-electron chi connectivity index (χ2n) is 4.37. The van der Waals surface area contributed by atoms with Crippen LogP contribution in [0.2, 0.25) is 0 Å². The van der Waals surface area contributed by atoms with Crippen molar-refractivity contribution in [2.45, 2.75) is 31.4 Å². The zero-order chi connectivity index (χ0) is 11.5. The maximum Gasteiger partial charge on any atom is 0.279 e. The molecule has 16 heavy (non-hydrogen) atoms. The molecule has 1 aliphatic carbocycles. The highest BCUT2D eigenvalue weighted by molar-refractivity contribution is 8.14. The first-order valence-electron chi connectivity index (χ1n) is 5.54. The molecule has 2 rings (SSSR count). The van der Waals surface area contributed by atoms with Gasteiger partial charge in [-0.25, -0.2) is 0 Å². The van der Waals surface area contributed by atoms with Crippen LogP contribution in [0.25, 0.3) is 0 Å². The smallest absolute Gasteiger partial charge is 0.279 e. The van der Waals surface area contributed by atoms with Crippen molar-refractivity contribution in [2.24, 2.45) is 5.92 Å². The van der Waals surface area contributed by atoms with Gasteiger partial charge >= 0.3 is 0 Å². The van der Waals surface area contributed by atoms with Gasteiger partial charge in [-0.15, -0.1) is 0 Å². The van der Waals surface area contributed by atoms with Crippen molar-refractivity contribution in [3.63, 3.8) is 0 Å². The summed E-state index contributed by atoms with van der Waals surface area (Å²) in [6.45, 7) is 0.604. The summed E-state index contributed by atoms with van der Waals surface area (Å²) in [7, 11) is 0. The Morgan fingerprint density at radius 3 is 2.94 bits per heavy atom. The van der Waals surface area contributed by atoms with Crippen LogP contribution in [0, 0.1) is 5.92 Å². The Morgan fingerprint density at radius 2 is 2.38 bits per heavy atom. The average Bonchev–Trinajstić information content (AvgIpc) is 2.84. The zero-order valence-corrected chi connectivity index (χ0v) is 9.76. The molecule has 5 nitrogen and oxygen atoms in total. The lowest BCUT2D eigenvalue weighted by Gasteiger charge is -2.13. The second-order valence-corrected chi connectivity index (χ2v) is 5.37. The minimum absolute atomic E-state index is 0.111. The summed E-state index contributed by atoms with van der Waals surface area (Å²) in [5.41, 5.74) is 0. The lowest BCUT2D eigenvalue weighted by Crippen LogP contribution is -2.44. The van der Waals surface area contributed by atoms with Crippen molar-refractivity contribution in [3.05, 3.63) is 0 Å². The first-order valence-corrected chi connectivity index (χ1v) is 6.53. The number of carbonyl (C=O) groups is 2. The molecule has 0 bridgehead atoms. The Kier molecular flexibility index (Phi) is 3.70. The van der Waals surface area contributed by atoms with Crippen molar-refractivity contribution in [1.29, 1.82) is 0 Å². The minimum Gasteiger partial charge on any atom is -0.393 e. The molecular formula is C10H16N2O3S. The fourth-order valence-electron chi connectivity index (χ4n) is 2.13. The Labute approximate surface area is 98.4 Å². The van der Waals surface area contributed by atoms with E-state index in [2.05, 4.69) is 10.6 Å². The van der Waals surface area contributed by atoms with Gasteiger partial charge in [0.2, 0.25) is 5.91 Å². The standard InChI is InChI=1S/C10H16N2O3S/c13-7-2-1-6(3-7)4-11-9(14)8-5-16-10(15)12-8/h6-8,13H,1-5H2,(H,11,14)(H,12,15). The van der Waals surface area contributed by atoms with E-state index in [1.54, 1.807) is 0 Å². The van der Waals surface area contributed by atoms with E-state index in [-0.39, 0.29) is 23.3 Å². The molecule has 6 heteroatoms. The second kappa shape index (κ2) is 5.05. The molecule has 2 fully saturated rings. The van der Waals surface area contributed by atoms with Crippen LogP contribution in [0.5, 0.6) is 0 Å². The van der Waals surface area contributed by atoms with E-state index in [9.17, 15) is 14.7 Å². The van der Waals surface area contributed by atoms with E-state index >= 15 is 0 Å². The highest BCUT2D eigenvalue weighted by Crippen LogP contribution is 2.24. The van der Waals surface area contributed by atoms with Crippen LogP contribution in [-0.2, 0) is 4.79 Å². The molecule has 0 spiro atoms. The van der Waals surface area contributed by atoms with Crippen molar-refractivity contribution in [1.82, 2.24) is 10.6 Å². The Bertz CT molecular complexity index is 298. The number of aliphatic hydroxyl groups is 1. The van der Waals surface area contributed by atoms with E-state index < -0.39 is 0 Å². The number of aliphatic hydroxyl groups excluding tert-OH is 1. The largest absolute Gasteiger partial charge is 0.393 e. The molecule has 2 aliphatic rings. The van der Waals surface area contributed by atoms with E-state index in [1.165, 1.54) is 0 Å². The summed E-state index contributed by atoms with van der Waals surface area (Å²) >= 11 is 1.14. The Hall–Kier alpha value is -0.750. The van der Waals surface area contributed by atoms with Crippen molar-refractivity contribution < 1.29 is 14.7 Å². The lowest BCUT2D eigenvalue weighted by molar-refractivity contribution is -0.122. The van der Waals surface area contributed by atoms with Gasteiger partial charge in [0, 0.05) is 12.3 Å². The number of carbonyl (C=O) groups excluding carboxylic acids is 2. The molecule has 3 unspecified atom stereocenters. The van der Waals surface area contributed by atoms with Gasteiger partial charge in [-0.3, -0.25) is 9.59 Å². The average molecular weight is 244 g/mol. The zero-order valence-electron chi connectivity index (χ0n) is 8.94. The molecule has 1 heterocycles. The van der Waals surface area contributed by atoms with E-state index in [0.29, 0.717) is 18.2 Å².